The molecule has 0 aromatic rings. The number of aliphatic imine (C=N–C) groups is 1. The number of rotatable bonds is 10. The zero-order chi connectivity index (χ0) is 18.5. The summed E-state index contributed by atoms with van der Waals surface area (Å²) >= 11 is 0. The minimum atomic E-state index is 0.0145. The monoisotopic (exact) mass is 354 g/mol. The number of ether oxygens (including phenoxy) is 1. The maximum atomic E-state index is 11.8. The number of nitrogens with one attached hydrogen (secondary N) is 2. The zero-order valence-corrected chi connectivity index (χ0v) is 16.6. The summed E-state index contributed by atoms with van der Waals surface area (Å²) in [6.45, 7) is 7.04. The van der Waals surface area contributed by atoms with Gasteiger partial charge in [0.05, 0.1) is 0 Å². The number of nitrogens with zero attached hydrogens (tertiary/aromatic N) is 2. The average Bonchev–Trinajstić information content (AvgIpc) is 2.59. The van der Waals surface area contributed by atoms with Gasteiger partial charge in [-0.15, -0.1) is 0 Å². The number of hydrogen-bond acceptors (Lipinski definition) is 3. The standard InChI is InChI=1S/C19H38N4O2/c1-5-6-13-25-14-9-12-20-19(21-15-18(24)23(3)4)22-17-11-8-7-10-16(17)2/h16-17H,5-15H2,1-4H3,(H2,20,21,22). The van der Waals surface area contributed by atoms with Crippen molar-refractivity contribution in [1.82, 2.24) is 15.5 Å². The number of carbonyl (C=O) groups is 1. The second-order valence-corrected chi connectivity index (χ2v) is 7.21. The topological polar surface area (TPSA) is 66.0 Å². The number of guanidine groups is 1. The van der Waals surface area contributed by atoms with Crippen LogP contribution in [-0.2, 0) is 9.53 Å². The summed E-state index contributed by atoms with van der Waals surface area (Å²) in [6, 6.07) is 0.440. The van der Waals surface area contributed by atoms with E-state index in [-0.39, 0.29) is 12.5 Å². The van der Waals surface area contributed by atoms with E-state index in [1.807, 2.05) is 0 Å². The molecular formula is C19H38N4O2. The van der Waals surface area contributed by atoms with Crippen LogP contribution in [0, 0.1) is 5.92 Å². The van der Waals surface area contributed by atoms with E-state index in [1.165, 1.54) is 32.1 Å². The molecule has 0 aromatic carbocycles. The summed E-state index contributed by atoms with van der Waals surface area (Å²) in [6.07, 6.45) is 8.22. The van der Waals surface area contributed by atoms with Crippen LogP contribution in [0.1, 0.15) is 58.8 Å². The van der Waals surface area contributed by atoms with Gasteiger partial charge in [0.1, 0.15) is 6.54 Å². The van der Waals surface area contributed by atoms with Gasteiger partial charge in [-0.25, -0.2) is 4.99 Å². The summed E-state index contributed by atoms with van der Waals surface area (Å²) in [4.78, 5) is 17.9. The molecule has 1 saturated carbocycles. The highest BCUT2D eigenvalue weighted by molar-refractivity contribution is 5.84. The quantitative estimate of drug-likeness (QED) is 0.359. The van der Waals surface area contributed by atoms with Crippen LogP contribution in [0.4, 0.5) is 0 Å². The summed E-state index contributed by atoms with van der Waals surface area (Å²) in [7, 11) is 3.52. The molecule has 0 heterocycles. The van der Waals surface area contributed by atoms with E-state index < -0.39 is 0 Å². The van der Waals surface area contributed by atoms with Gasteiger partial charge in [-0.1, -0.05) is 33.1 Å². The summed E-state index contributed by atoms with van der Waals surface area (Å²) < 4.78 is 5.59. The van der Waals surface area contributed by atoms with Gasteiger partial charge in [0.25, 0.3) is 0 Å². The predicted molar refractivity (Wildman–Crippen MR) is 104 cm³/mol. The normalized spacial score (nSPS) is 21.0. The van der Waals surface area contributed by atoms with Crippen LogP contribution < -0.4 is 10.6 Å². The highest BCUT2D eigenvalue weighted by atomic mass is 16.5. The van der Waals surface area contributed by atoms with Crippen LogP contribution in [0.15, 0.2) is 4.99 Å². The van der Waals surface area contributed by atoms with Crippen molar-refractivity contribution in [1.29, 1.82) is 0 Å². The fourth-order valence-corrected chi connectivity index (χ4v) is 2.88. The number of unbranched alkanes of at least 4 members (excludes halogenated alkanes) is 1. The Labute approximate surface area is 153 Å². The van der Waals surface area contributed by atoms with Gasteiger partial charge in [-0.3, -0.25) is 4.79 Å². The van der Waals surface area contributed by atoms with Gasteiger partial charge in [0, 0.05) is 39.9 Å². The van der Waals surface area contributed by atoms with Gasteiger partial charge in [0.15, 0.2) is 5.96 Å². The number of hydrogen-bond donors (Lipinski definition) is 2. The molecule has 2 N–H and O–H groups in total. The Balaban J connectivity index is 2.44. The van der Waals surface area contributed by atoms with Crippen molar-refractivity contribution in [3.63, 3.8) is 0 Å². The first-order valence-electron chi connectivity index (χ1n) is 9.87. The van der Waals surface area contributed by atoms with E-state index in [0.717, 1.165) is 38.6 Å². The Morgan fingerprint density at radius 1 is 1.20 bits per heavy atom. The van der Waals surface area contributed by atoms with Crippen LogP contribution in [0.3, 0.4) is 0 Å². The lowest BCUT2D eigenvalue weighted by atomic mass is 9.86. The van der Waals surface area contributed by atoms with Crippen LogP contribution in [-0.4, -0.2) is 63.2 Å². The molecule has 6 heteroatoms. The van der Waals surface area contributed by atoms with Crippen molar-refractivity contribution in [2.75, 3.05) is 40.4 Å². The lowest BCUT2D eigenvalue weighted by Crippen LogP contribution is -2.48. The Kier molecular flexibility index (Phi) is 11.3. The third-order valence-corrected chi connectivity index (χ3v) is 4.70. The summed E-state index contributed by atoms with van der Waals surface area (Å²) in [5.74, 6) is 1.41. The van der Waals surface area contributed by atoms with Gasteiger partial charge in [-0.05, 0) is 31.6 Å². The Morgan fingerprint density at radius 3 is 2.60 bits per heavy atom. The maximum absolute atomic E-state index is 11.8. The van der Waals surface area contributed by atoms with Crippen molar-refractivity contribution in [2.24, 2.45) is 10.9 Å². The van der Waals surface area contributed by atoms with E-state index in [9.17, 15) is 4.79 Å². The van der Waals surface area contributed by atoms with Gasteiger partial charge in [0.2, 0.25) is 5.91 Å². The molecule has 25 heavy (non-hydrogen) atoms. The first-order valence-corrected chi connectivity index (χ1v) is 9.87. The molecular weight excluding hydrogens is 316 g/mol. The van der Waals surface area contributed by atoms with Crippen molar-refractivity contribution >= 4 is 11.9 Å². The Hall–Kier alpha value is -1.30. The highest BCUT2D eigenvalue weighted by Gasteiger charge is 2.22. The zero-order valence-electron chi connectivity index (χ0n) is 16.6. The van der Waals surface area contributed by atoms with Crippen LogP contribution >= 0.6 is 0 Å². The molecule has 1 rings (SSSR count). The molecule has 0 spiro atoms. The SMILES string of the molecule is CCCCOCCCNC(=NCC(=O)N(C)C)NC1CCCCC1C. The molecule has 1 aliphatic rings. The minimum absolute atomic E-state index is 0.0145. The van der Waals surface area contributed by atoms with Gasteiger partial charge < -0.3 is 20.3 Å². The van der Waals surface area contributed by atoms with Gasteiger partial charge >= 0.3 is 0 Å². The van der Waals surface area contributed by atoms with Crippen molar-refractivity contribution in [2.45, 2.75) is 64.8 Å². The maximum Gasteiger partial charge on any atom is 0.243 e. The second-order valence-electron chi connectivity index (χ2n) is 7.21. The molecule has 0 aromatic heterocycles. The third kappa shape index (κ3) is 9.68. The largest absolute Gasteiger partial charge is 0.381 e. The lowest BCUT2D eigenvalue weighted by Gasteiger charge is -2.31. The van der Waals surface area contributed by atoms with Crippen LogP contribution in [0.25, 0.3) is 0 Å². The van der Waals surface area contributed by atoms with Crippen molar-refractivity contribution in [3.8, 4) is 0 Å². The van der Waals surface area contributed by atoms with E-state index in [1.54, 1.807) is 19.0 Å². The van der Waals surface area contributed by atoms with Crippen molar-refractivity contribution in [3.05, 3.63) is 0 Å². The first kappa shape index (κ1) is 21.7. The van der Waals surface area contributed by atoms with Crippen LogP contribution in [0.5, 0.6) is 0 Å². The van der Waals surface area contributed by atoms with E-state index >= 15 is 0 Å². The summed E-state index contributed by atoms with van der Waals surface area (Å²) in [5.41, 5.74) is 0. The minimum Gasteiger partial charge on any atom is -0.381 e. The molecule has 1 aliphatic carbocycles. The van der Waals surface area contributed by atoms with Crippen molar-refractivity contribution < 1.29 is 9.53 Å². The van der Waals surface area contributed by atoms with Gasteiger partial charge in [-0.2, -0.15) is 0 Å². The van der Waals surface area contributed by atoms with Crippen LogP contribution in [0.2, 0.25) is 0 Å². The second kappa shape index (κ2) is 13.0. The molecule has 1 fully saturated rings. The number of likely N-dealkylation sites (N-methyl/N-ethyl adjacent to an activating group) is 1. The molecule has 0 bridgehead atoms. The molecule has 0 radical (unpaired) electrons. The molecule has 0 saturated heterocycles. The fraction of sp³-hybridized carbons (Fsp3) is 0.895. The average molecular weight is 355 g/mol. The predicted octanol–water partition coefficient (Wildman–Crippen LogP) is 2.40. The van der Waals surface area contributed by atoms with E-state index in [2.05, 4.69) is 29.5 Å². The summed E-state index contributed by atoms with van der Waals surface area (Å²) in [5, 5.41) is 6.90. The smallest absolute Gasteiger partial charge is 0.243 e. The fourth-order valence-electron chi connectivity index (χ4n) is 2.88. The highest BCUT2D eigenvalue weighted by Crippen LogP contribution is 2.23. The molecule has 6 nitrogen and oxygen atoms in total. The molecule has 146 valence electrons. The molecule has 1 amide bonds. The Bertz CT molecular complexity index is 399. The number of amides is 1. The first-order chi connectivity index (χ1) is 12.0. The molecule has 0 aliphatic heterocycles. The lowest BCUT2D eigenvalue weighted by molar-refractivity contribution is -0.127. The number of carbonyl (C=O) groups excluding carboxylic acids is 1. The third-order valence-electron chi connectivity index (χ3n) is 4.70. The van der Waals surface area contributed by atoms with E-state index in [4.69, 9.17) is 4.74 Å². The molecule has 2 atom stereocenters. The Morgan fingerprint density at radius 2 is 1.92 bits per heavy atom. The molecule has 2 unspecified atom stereocenters. The van der Waals surface area contributed by atoms with E-state index in [0.29, 0.717) is 12.0 Å².